The van der Waals surface area contributed by atoms with E-state index in [1.807, 2.05) is 38.1 Å². The number of fused-ring (bicyclic) bond motifs is 4. The second-order valence-electron chi connectivity index (χ2n) is 10.1. The summed E-state index contributed by atoms with van der Waals surface area (Å²) in [6.07, 6.45) is 3.77. The topological polar surface area (TPSA) is 59.4 Å². The molecule has 1 N–H and O–H groups in total. The van der Waals surface area contributed by atoms with Crippen LogP contribution in [0.5, 0.6) is 5.75 Å². The maximum atomic E-state index is 13.7. The van der Waals surface area contributed by atoms with E-state index in [2.05, 4.69) is 26.4 Å². The molecule has 1 aromatic heterocycles. The molecule has 1 saturated heterocycles. The molecule has 3 aromatic rings. The third-order valence-corrected chi connectivity index (χ3v) is 8.42. The van der Waals surface area contributed by atoms with Crippen molar-refractivity contribution in [1.82, 2.24) is 20.2 Å². The largest absolute Gasteiger partial charge is 0.482 e. The number of rotatable bonds is 3. The summed E-state index contributed by atoms with van der Waals surface area (Å²) in [5.41, 5.74) is 5.68. The van der Waals surface area contributed by atoms with E-state index in [9.17, 15) is 4.79 Å². The zero-order chi connectivity index (χ0) is 24.5. The third-order valence-electron chi connectivity index (χ3n) is 7.39. The van der Waals surface area contributed by atoms with E-state index in [0.29, 0.717) is 39.0 Å². The Morgan fingerprint density at radius 2 is 1.86 bits per heavy atom. The molecule has 6 nitrogen and oxygen atoms in total. The van der Waals surface area contributed by atoms with Gasteiger partial charge in [-0.3, -0.25) is 10.2 Å². The third kappa shape index (κ3) is 4.33. The fourth-order valence-electron chi connectivity index (χ4n) is 5.85. The molecule has 6 rings (SSSR count). The van der Waals surface area contributed by atoms with Gasteiger partial charge in [-0.15, -0.1) is 12.4 Å². The van der Waals surface area contributed by atoms with Crippen molar-refractivity contribution in [2.24, 2.45) is 11.8 Å². The number of hydrazine groups is 1. The van der Waals surface area contributed by atoms with E-state index in [1.165, 1.54) is 19.3 Å². The van der Waals surface area contributed by atoms with Crippen molar-refractivity contribution in [1.29, 1.82) is 0 Å². The molecular formula is C26H26BrCl3N4O2. The normalized spacial score (nSPS) is 21.7. The highest BCUT2D eigenvalue weighted by Crippen LogP contribution is 2.48. The Morgan fingerprint density at radius 3 is 2.56 bits per heavy atom. The maximum Gasteiger partial charge on any atom is 0.286 e. The second kappa shape index (κ2) is 9.52. The molecule has 0 bridgehead atoms. The van der Waals surface area contributed by atoms with E-state index in [0.717, 1.165) is 34.4 Å². The van der Waals surface area contributed by atoms with Gasteiger partial charge >= 0.3 is 0 Å². The number of aromatic nitrogens is 2. The molecule has 0 radical (unpaired) electrons. The van der Waals surface area contributed by atoms with Crippen molar-refractivity contribution >= 4 is 57.4 Å². The van der Waals surface area contributed by atoms with Gasteiger partial charge in [0.2, 0.25) is 0 Å². The van der Waals surface area contributed by atoms with Crippen molar-refractivity contribution in [3.05, 3.63) is 62.2 Å². The predicted molar refractivity (Wildman–Crippen MR) is 147 cm³/mol. The van der Waals surface area contributed by atoms with Crippen molar-refractivity contribution in [2.75, 3.05) is 13.1 Å². The summed E-state index contributed by atoms with van der Waals surface area (Å²) in [6, 6.07) is 11.1. The molecule has 3 heterocycles. The minimum Gasteiger partial charge on any atom is -0.482 e. The molecule has 2 atom stereocenters. The lowest BCUT2D eigenvalue weighted by Gasteiger charge is -2.33. The molecule has 1 saturated carbocycles. The molecule has 1 amide bonds. The van der Waals surface area contributed by atoms with Gasteiger partial charge in [0.05, 0.1) is 22.0 Å². The first-order valence-electron chi connectivity index (χ1n) is 11.8. The van der Waals surface area contributed by atoms with Crippen molar-refractivity contribution < 1.29 is 9.53 Å². The summed E-state index contributed by atoms with van der Waals surface area (Å²) >= 11 is 16.3. The lowest BCUT2D eigenvalue weighted by molar-refractivity contribution is 0.0779. The van der Waals surface area contributed by atoms with Crippen LogP contribution in [0.15, 0.2) is 40.9 Å². The second-order valence-corrected chi connectivity index (χ2v) is 11.9. The van der Waals surface area contributed by atoms with Gasteiger partial charge in [-0.1, -0.05) is 45.6 Å². The van der Waals surface area contributed by atoms with E-state index < -0.39 is 5.60 Å². The van der Waals surface area contributed by atoms with E-state index in [4.69, 9.17) is 33.0 Å². The molecule has 2 unspecified atom stereocenters. The smallest absolute Gasteiger partial charge is 0.286 e. The quantitative estimate of drug-likeness (QED) is 0.345. The Labute approximate surface area is 234 Å². The maximum absolute atomic E-state index is 13.7. The number of carbonyl (C=O) groups is 1. The molecule has 1 aliphatic carbocycles. The first-order chi connectivity index (χ1) is 16.7. The van der Waals surface area contributed by atoms with Crippen molar-refractivity contribution in [2.45, 2.75) is 38.7 Å². The van der Waals surface area contributed by atoms with Crippen LogP contribution in [0.3, 0.4) is 0 Å². The van der Waals surface area contributed by atoms with Crippen LogP contribution in [0, 0.1) is 11.8 Å². The lowest BCUT2D eigenvalue weighted by atomic mass is 9.89. The minimum atomic E-state index is -0.797. The van der Waals surface area contributed by atoms with Crippen LogP contribution in [0.4, 0.5) is 0 Å². The van der Waals surface area contributed by atoms with E-state index in [1.54, 1.807) is 16.8 Å². The molecule has 2 aromatic carbocycles. The number of hydrogen-bond acceptors (Lipinski definition) is 4. The van der Waals surface area contributed by atoms with Crippen LogP contribution in [0.25, 0.3) is 16.9 Å². The molecule has 3 aliphatic rings. The van der Waals surface area contributed by atoms with Gasteiger partial charge in [0.25, 0.3) is 5.91 Å². The molecule has 0 spiro atoms. The summed E-state index contributed by atoms with van der Waals surface area (Å²) in [5, 5.41) is 7.88. The summed E-state index contributed by atoms with van der Waals surface area (Å²) in [4.78, 5) is 13.7. The highest BCUT2D eigenvalue weighted by Gasteiger charge is 2.43. The number of amides is 1. The molecule has 2 fully saturated rings. The van der Waals surface area contributed by atoms with Crippen LogP contribution >= 0.6 is 51.5 Å². The van der Waals surface area contributed by atoms with Crippen LogP contribution in [-0.2, 0) is 5.60 Å². The fourth-order valence-corrected chi connectivity index (χ4v) is 6.68. The number of ether oxygens (including phenoxy) is 1. The number of halogens is 4. The van der Waals surface area contributed by atoms with Gasteiger partial charge in [-0.2, -0.15) is 5.10 Å². The number of carbonyl (C=O) groups excluding carboxylic acids is 1. The predicted octanol–water partition coefficient (Wildman–Crippen LogP) is 7.03. The van der Waals surface area contributed by atoms with Gasteiger partial charge in [0.15, 0.2) is 5.69 Å². The highest BCUT2D eigenvalue weighted by atomic mass is 79.9. The van der Waals surface area contributed by atoms with Gasteiger partial charge in [-0.25, -0.2) is 9.69 Å². The zero-order valence-electron chi connectivity index (χ0n) is 19.9. The summed E-state index contributed by atoms with van der Waals surface area (Å²) in [5.74, 6) is 1.81. The fraction of sp³-hybridized carbons (Fsp3) is 0.385. The Morgan fingerprint density at radius 1 is 1.14 bits per heavy atom. The Bertz CT molecular complexity index is 1350. The summed E-state index contributed by atoms with van der Waals surface area (Å²) < 4.78 is 9.07. The van der Waals surface area contributed by atoms with Crippen LogP contribution in [-0.4, -0.2) is 33.8 Å². The monoisotopic (exact) mass is 610 g/mol. The number of benzene rings is 2. The van der Waals surface area contributed by atoms with Gasteiger partial charge in [0, 0.05) is 28.1 Å². The van der Waals surface area contributed by atoms with Crippen LogP contribution in [0.1, 0.15) is 49.2 Å². The minimum absolute atomic E-state index is 0. The van der Waals surface area contributed by atoms with Gasteiger partial charge in [-0.05, 0) is 74.9 Å². The average Bonchev–Trinajstić information content (AvgIpc) is 3.47. The summed E-state index contributed by atoms with van der Waals surface area (Å²) in [6.45, 7) is 5.70. The Kier molecular flexibility index (Phi) is 6.84. The summed E-state index contributed by atoms with van der Waals surface area (Å²) in [7, 11) is 0. The first-order valence-corrected chi connectivity index (χ1v) is 13.4. The molecule has 2 aliphatic heterocycles. The SMILES string of the molecule is CC1(C)Oc2cc(Br)ccc2-c2c1c(C(=O)NN1CC3CCCC3C1)nn2-c1ccc(Cl)cc1Cl.Cl. The molecule has 10 heteroatoms. The van der Waals surface area contributed by atoms with E-state index >= 15 is 0 Å². The average molecular weight is 613 g/mol. The van der Waals surface area contributed by atoms with Crippen molar-refractivity contribution in [3.8, 4) is 22.7 Å². The zero-order valence-corrected chi connectivity index (χ0v) is 23.8. The molecule has 36 heavy (non-hydrogen) atoms. The standard InChI is InChI=1S/C26H25BrCl2N4O2.ClH/c1-26(2)22-23(25(34)31-32-12-14-4-3-5-15(14)13-32)30-33(20-9-7-17(28)11-19(20)29)24(22)18-8-6-16(27)10-21(18)35-26;/h6-11,14-15H,3-5,12-13H2,1-2H3,(H,31,34);1H. The van der Waals surface area contributed by atoms with Gasteiger partial charge < -0.3 is 4.74 Å². The Hall–Kier alpha value is -1.77. The number of hydrogen-bond donors (Lipinski definition) is 1. The van der Waals surface area contributed by atoms with E-state index in [-0.39, 0.29) is 18.3 Å². The lowest BCUT2D eigenvalue weighted by Crippen LogP contribution is -2.42. The van der Waals surface area contributed by atoms with Gasteiger partial charge in [0.1, 0.15) is 11.4 Å². The number of nitrogens with one attached hydrogen (secondary N) is 1. The van der Waals surface area contributed by atoms with Crippen LogP contribution < -0.4 is 10.2 Å². The molecular weight excluding hydrogens is 587 g/mol. The first kappa shape index (κ1) is 25.9. The number of nitrogens with zero attached hydrogens (tertiary/aromatic N) is 3. The Balaban J connectivity index is 0.00000267. The van der Waals surface area contributed by atoms with Crippen molar-refractivity contribution in [3.63, 3.8) is 0 Å². The molecule has 190 valence electrons. The highest BCUT2D eigenvalue weighted by molar-refractivity contribution is 9.10. The van der Waals surface area contributed by atoms with Crippen LogP contribution in [0.2, 0.25) is 10.0 Å².